The maximum Gasteiger partial charge on any atom is 0.248 e. The summed E-state index contributed by atoms with van der Waals surface area (Å²) >= 11 is 0. The van der Waals surface area contributed by atoms with Crippen LogP contribution in [0.3, 0.4) is 0 Å². The molecule has 3 N–H and O–H groups in total. The average Bonchev–Trinajstić information content (AvgIpc) is 3.49. The van der Waals surface area contributed by atoms with Gasteiger partial charge in [-0.15, -0.1) is 0 Å². The van der Waals surface area contributed by atoms with Crippen LogP contribution in [0.25, 0.3) is 17.5 Å². The minimum atomic E-state index is -3.68. The van der Waals surface area contributed by atoms with Gasteiger partial charge in [-0.05, 0) is 55.0 Å². The second-order valence-corrected chi connectivity index (χ2v) is 8.89. The van der Waals surface area contributed by atoms with E-state index in [0.717, 1.165) is 5.56 Å². The van der Waals surface area contributed by atoms with Crippen molar-refractivity contribution in [1.82, 2.24) is 19.9 Å². The molecule has 4 aromatic rings. The van der Waals surface area contributed by atoms with Gasteiger partial charge in [0.05, 0.1) is 17.7 Å². The average molecular weight is 464 g/mol. The van der Waals surface area contributed by atoms with Gasteiger partial charge in [-0.1, -0.05) is 24.3 Å². The van der Waals surface area contributed by atoms with Gasteiger partial charge >= 0.3 is 0 Å². The Balaban J connectivity index is 1.36. The van der Waals surface area contributed by atoms with Crippen LogP contribution >= 0.6 is 0 Å². The maximum absolute atomic E-state index is 12.4. The number of H-pyrrole nitrogens is 1. The number of aromatic amines is 1. The number of carbonyl (C=O) groups excluding carboxylic acids is 1. The first-order valence-electron chi connectivity index (χ1n) is 10.00. The Kier molecular flexibility index (Phi) is 6.48. The number of nitrogens with zero attached hydrogens (tertiary/aromatic N) is 2. The standard InChI is InChI=1S/C23H21N5O4S/c1-16-25-23(28-27-16)18-4-2-5-19(14-18)26-22(29)12-9-17-7-10-21(11-8-17)33(30,31)24-15-20-6-3-13-32-20/h2-14,24H,15H2,1H3,(H,26,29)(H,25,27,28)/b12-9+. The molecule has 0 atom stereocenters. The summed E-state index contributed by atoms with van der Waals surface area (Å²) in [5.41, 5.74) is 2.06. The molecule has 2 heterocycles. The van der Waals surface area contributed by atoms with Crippen molar-refractivity contribution in [2.45, 2.75) is 18.4 Å². The molecular weight excluding hydrogens is 442 g/mol. The number of sulfonamides is 1. The molecule has 0 unspecified atom stereocenters. The number of nitrogens with one attached hydrogen (secondary N) is 3. The van der Waals surface area contributed by atoms with Gasteiger partial charge < -0.3 is 9.73 Å². The van der Waals surface area contributed by atoms with E-state index in [1.807, 2.05) is 13.0 Å². The quantitative estimate of drug-likeness (QED) is 0.343. The highest BCUT2D eigenvalue weighted by atomic mass is 32.2. The molecule has 9 nitrogen and oxygen atoms in total. The molecule has 0 fully saturated rings. The third-order valence-electron chi connectivity index (χ3n) is 4.62. The number of rotatable bonds is 8. The van der Waals surface area contributed by atoms with E-state index < -0.39 is 10.0 Å². The van der Waals surface area contributed by atoms with Gasteiger partial charge in [0.25, 0.3) is 0 Å². The first-order chi connectivity index (χ1) is 15.9. The Hall–Kier alpha value is -4.02. The highest BCUT2D eigenvalue weighted by Gasteiger charge is 2.14. The lowest BCUT2D eigenvalue weighted by molar-refractivity contribution is -0.111. The van der Waals surface area contributed by atoms with E-state index in [0.29, 0.717) is 28.7 Å². The number of amides is 1. The Morgan fingerprint density at radius 1 is 1.12 bits per heavy atom. The Morgan fingerprint density at radius 2 is 1.94 bits per heavy atom. The highest BCUT2D eigenvalue weighted by molar-refractivity contribution is 7.89. The summed E-state index contributed by atoms with van der Waals surface area (Å²) in [5.74, 6) is 1.45. The zero-order valence-corrected chi connectivity index (χ0v) is 18.5. The van der Waals surface area contributed by atoms with Gasteiger partial charge in [0, 0.05) is 17.3 Å². The smallest absolute Gasteiger partial charge is 0.248 e. The van der Waals surface area contributed by atoms with Crippen LogP contribution < -0.4 is 10.0 Å². The lowest BCUT2D eigenvalue weighted by Gasteiger charge is -2.06. The molecule has 4 rings (SSSR count). The summed E-state index contributed by atoms with van der Waals surface area (Å²) < 4.78 is 32.4. The molecule has 0 bridgehead atoms. The summed E-state index contributed by atoms with van der Waals surface area (Å²) in [4.78, 5) is 16.7. The number of carbonyl (C=O) groups is 1. The van der Waals surface area contributed by atoms with Gasteiger partial charge in [-0.25, -0.2) is 18.1 Å². The molecule has 10 heteroatoms. The molecule has 2 aromatic heterocycles. The largest absolute Gasteiger partial charge is 0.468 e. The van der Waals surface area contributed by atoms with Crippen LogP contribution in [0.4, 0.5) is 5.69 Å². The lowest BCUT2D eigenvalue weighted by atomic mass is 10.2. The van der Waals surface area contributed by atoms with Crippen molar-refractivity contribution in [2.24, 2.45) is 0 Å². The van der Waals surface area contributed by atoms with Crippen molar-refractivity contribution in [3.63, 3.8) is 0 Å². The first-order valence-corrected chi connectivity index (χ1v) is 11.5. The van der Waals surface area contributed by atoms with Crippen LogP contribution in [0.15, 0.2) is 82.3 Å². The molecule has 0 aliphatic heterocycles. The third-order valence-corrected chi connectivity index (χ3v) is 6.04. The van der Waals surface area contributed by atoms with Crippen LogP contribution in [-0.4, -0.2) is 29.5 Å². The highest BCUT2D eigenvalue weighted by Crippen LogP contribution is 2.19. The summed E-state index contributed by atoms with van der Waals surface area (Å²) in [6.45, 7) is 1.88. The van der Waals surface area contributed by atoms with E-state index in [4.69, 9.17) is 4.42 Å². The van der Waals surface area contributed by atoms with Gasteiger partial charge in [0.15, 0.2) is 5.82 Å². The second kappa shape index (κ2) is 9.63. The van der Waals surface area contributed by atoms with Crippen LogP contribution in [0.1, 0.15) is 17.1 Å². The van der Waals surface area contributed by atoms with Gasteiger partial charge in [0.1, 0.15) is 11.6 Å². The van der Waals surface area contributed by atoms with Crippen molar-refractivity contribution < 1.29 is 17.6 Å². The third kappa shape index (κ3) is 5.82. The first kappa shape index (κ1) is 22.2. The van der Waals surface area contributed by atoms with Crippen molar-refractivity contribution >= 4 is 27.7 Å². The molecule has 0 aliphatic carbocycles. The molecular formula is C23H21N5O4S. The van der Waals surface area contributed by atoms with Crippen molar-refractivity contribution in [3.8, 4) is 11.4 Å². The normalized spacial score (nSPS) is 11.7. The molecule has 2 aromatic carbocycles. The summed E-state index contributed by atoms with van der Waals surface area (Å²) in [6, 6.07) is 16.8. The number of hydrogen-bond acceptors (Lipinski definition) is 6. The van der Waals surface area contributed by atoms with E-state index in [-0.39, 0.29) is 17.3 Å². The number of anilines is 1. The van der Waals surface area contributed by atoms with Gasteiger partial charge in [0.2, 0.25) is 15.9 Å². The number of furan rings is 1. The Labute approximate surface area is 190 Å². The topological polar surface area (TPSA) is 130 Å². The van der Waals surface area contributed by atoms with Crippen molar-refractivity contribution in [3.05, 3.63) is 90.2 Å². The zero-order chi connectivity index (χ0) is 23.3. The van der Waals surface area contributed by atoms with Crippen LogP contribution in [0.2, 0.25) is 0 Å². The SMILES string of the molecule is Cc1nc(-c2cccc(NC(=O)/C=C/c3ccc(S(=O)(=O)NCc4ccco4)cc3)c2)n[nH]1. The lowest BCUT2D eigenvalue weighted by Crippen LogP contribution is -2.22. The predicted molar refractivity (Wildman–Crippen MR) is 123 cm³/mol. The molecule has 1 amide bonds. The fraction of sp³-hybridized carbons (Fsp3) is 0.0870. The second-order valence-electron chi connectivity index (χ2n) is 7.12. The van der Waals surface area contributed by atoms with E-state index in [1.165, 1.54) is 24.5 Å². The van der Waals surface area contributed by atoms with E-state index in [9.17, 15) is 13.2 Å². The molecule has 0 spiro atoms. The summed E-state index contributed by atoms with van der Waals surface area (Å²) in [5, 5.41) is 9.69. The molecule has 0 saturated carbocycles. The van der Waals surface area contributed by atoms with E-state index in [1.54, 1.807) is 48.5 Å². The van der Waals surface area contributed by atoms with Crippen LogP contribution in [0, 0.1) is 6.92 Å². The molecule has 0 aliphatic rings. The predicted octanol–water partition coefficient (Wildman–Crippen LogP) is 3.50. The number of aromatic nitrogens is 3. The van der Waals surface area contributed by atoms with Crippen molar-refractivity contribution in [1.29, 1.82) is 0 Å². The molecule has 33 heavy (non-hydrogen) atoms. The minimum absolute atomic E-state index is 0.0637. The molecule has 168 valence electrons. The summed E-state index contributed by atoms with van der Waals surface area (Å²) in [6.07, 6.45) is 4.46. The number of hydrogen-bond donors (Lipinski definition) is 3. The van der Waals surface area contributed by atoms with Gasteiger partial charge in [-0.2, -0.15) is 5.10 Å². The number of aryl methyl sites for hydroxylation is 1. The number of benzene rings is 2. The van der Waals surface area contributed by atoms with Crippen molar-refractivity contribution in [2.75, 3.05) is 5.32 Å². The Morgan fingerprint density at radius 3 is 2.64 bits per heavy atom. The molecule has 0 saturated heterocycles. The Bertz CT molecular complexity index is 1370. The summed E-state index contributed by atoms with van der Waals surface area (Å²) in [7, 11) is -3.68. The minimum Gasteiger partial charge on any atom is -0.468 e. The monoisotopic (exact) mass is 463 g/mol. The maximum atomic E-state index is 12.4. The van der Waals surface area contributed by atoms with Crippen LogP contribution in [-0.2, 0) is 21.4 Å². The fourth-order valence-electron chi connectivity index (χ4n) is 2.98. The van der Waals surface area contributed by atoms with E-state index >= 15 is 0 Å². The fourth-order valence-corrected chi connectivity index (χ4v) is 3.98. The zero-order valence-electron chi connectivity index (χ0n) is 17.6. The van der Waals surface area contributed by atoms with Crippen LogP contribution in [0.5, 0.6) is 0 Å². The molecule has 0 radical (unpaired) electrons. The van der Waals surface area contributed by atoms with Gasteiger partial charge in [-0.3, -0.25) is 9.89 Å². The van der Waals surface area contributed by atoms with E-state index in [2.05, 4.69) is 25.2 Å².